The molecular weight excluding hydrogens is 497 g/mol. The number of amides is 1. The number of hydrogen-bond acceptors (Lipinski definition) is 7. The standard InChI is InChI=1S/C24H23F3N4O4S/c1-31(11-16(33)12-32)23-29-22(34)21(36-23)18(13-4-6-20-15(7-13)10-28-30-20)8-14-3-5-17(35-2)9-19(14)24(25,26)27/h3-7,9-10,16,32-33H,8,11-12H2,1-2H3,(H,28,30). The lowest BCUT2D eigenvalue weighted by Gasteiger charge is -2.20. The molecule has 0 spiro atoms. The van der Waals surface area contributed by atoms with Crippen molar-refractivity contribution in [2.24, 2.45) is 4.99 Å². The fraction of sp³-hybridized carbons (Fsp3) is 0.292. The van der Waals surface area contributed by atoms with Gasteiger partial charge in [0.15, 0.2) is 5.17 Å². The van der Waals surface area contributed by atoms with E-state index in [9.17, 15) is 23.1 Å². The highest BCUT2D eigenvalue weighted by molar-refractivity contribution is 8.18. The Balaban J connectivity index is 1.80. The van der Waals surface area contributed by atoms with Gasteiger partial charge in [0.05, 0.1) is 42.0 Å². The first-order chi connectivity index (χ1) is 17.1. The van der Waals surface area contributed by atoms with Crippen LogP contribution in [0.25, 0.3) is 16.5 Å². The monoisotopic (exact) mass is 520 g/mol. The Kier molecular flexibility index (Phi) is 7.38. The van der Waals surface area contributed by atoms with Gasteiger partial charge in [0.25, 0.3) is 5.91 Å². The highest BCUT2D eigenvalue weighted by Crippen LogP contribution is 2.40. The van der Waals surface area contributed by atoms with Gasteiger partial charge in [-0.1, -0.05) is 12.1 Å². The number of fused-ring (bicyclic) bond motifs is 1. The maximum absolute atomic E-state index is 13.9. The van der Waals surface area contributed by atoms with Gasteiger partial charge in [-0.15, -0.1) is 0 Å². The second-order valence-electron chi connectivity index (χ2n) is 8.20. The lowest BCUT2D eigenvalue weighted by molar-refractivity contribution is -0.138. The van der Waals surface area contributed by atoms with E-state index in [2.05, 4.69) is 15.2 Å². The summed E-state index contributed by atoms with van der Waals surface area (Å²) in [5.74, 6) is -0.522. The smallest absolute Gasteiger partial charge is 0.416 e. The molecule has 1 aliphatic heterocycles. The number of hydrogen-bond donors (Lipinski definition) is 3. The fourth-order valence-corrected chi connectivity index (χ4v) is 4.82. The zero-order valence-electron chi connectivity index (χ0n) is 19.3. The Morgan fingerprint density at radius 3 is 2.72 bits per heavy atom. The second-order valence-corrected chi connectivity index (χ2v) is 9.17. The molecular formula is C24H23F3N4O4S. The summed E-state index contributed by atoms with van der Waals surface area (Å²) >= 11 is 1.01. The predicted molar refractivity (Wildman–Crippen MR) is 130 cm³/mol. The van der Waals surface area contributed by atoms with Crippen molar-refractivity contribution in [3.8, 4) is 5.75 Å². The third-order valence-electron chi connectivity index (χ3n) is 5.66. The van der Waals surface area contributed by atoms with Gasteiger partial charge in [-0.25, -0.2) is 0 Å². The van der Waals surface area contributed by atoms with Crippen LogP contribution in [-0.4, -0.2) is 69.8 Å². The molecule has 1 unspecified atom stereocenters. The molecule has 36 heavy (non-hydrogen) atoms. The number of carbonyl (C=O) groups is 1. The molecule has 0 fully saturated rings. The van der Waals surface area contributed by atoms with Gasteiger partial charge in [-0.3, -0.25) is 9.89 Å². The number of allylic oxidation sites excluding steroid dienone is 1. The van der Waals surface area contributed by atoms with Gasteiger partial charge in [-0.2, -0.15) is 23.3 Å². The van der Waals surface area contributed by atoms with E-state index in [1.54, 1.807) is 31.4 Å². The Morgan fingerprint density at radius 2 is 2.03 bits per heavy atom. The van der Waals surface area contributed by atoms with Crippen molar-refractivity contribution >= 4 is 39.3 Å². The minimum absolute atomic E-state index is 0.0237. The van der Waals surface area contributed by atoms with Gasteiger partial charge in [0.1, 0.15) is 5.75 Å². The van der Waals surface area contributed by atoms with Crippen molar-refractivity contribution in [2.75, 3.05) is 27.3 Å². The van der Waals surface area contributed by atoms with Gasteiger partial charge in [0.2, 0.25) is 0 Å². The minimum atomic E-state index is -4.64. The van der Waals surface area contributed by atoms with Crippen LogP contribution in [-0.2, 0) is 17.4 Å². The van der Waals surface area contributed by atoms with Crippen molar-refractivity contribution < 1.29 is 32.9 Å². The number of amidine groups is 1. The topological polar surface area (TPSA) is 111 Å². The van der Waals surface area contributed by atoms with Gasteiger partial charge in [0, 0.05) is 19.0 Å². The van der Waals surface area contributed by atoms with Gasteiger partial charge >= 0.3 is 6.18 Å². The number of thioether (sulfide) groups is 1. The molecule has 1 amide bonds. The van der Waals surface area contributed by atoms with Crippen molar-refractivity contribution in [1.29, 1.82) is 0 Å². The van der Waals surface area contributed by atoms with E-state index in [1.807, 2.05) is 0 Å². The van der Waals surface area contributed by atoms with E-state index >= 15 is 0 Å². The Morgan fingerprint density at radius 1 is 1.25 bits per heavy atom. The third kappa shape index (κ3) is 5.40. The number of benzene rings is 2. The van der Waals surface area contributed by atoms with Crippen LogP contribution in [0.15, 0.2) is 52.5 Å². The molecule has 0 bridgehead atoms. The number of H-pyrrole nitrogens is 1. The van der Waals surface area contributed by atoms with Crippen molar-refractivity contribution in [3.05, 3.63) is 64.2 Å². The molecule has 3 aromatic rings. The fourth-order valence-electron chi connectivity index (χ4n) is 3.84. The number of aromatic nitrogens is 2. The molecule has 0 aliphatic carbocycles. The molecule has 12 heteroatoms. The number of aliphatic hydroxyl groups is 2. The number of likely N-dealkylation sites (N-methyl/N-ethyl adjacent to an activating group) is 1. The van der Waals surface area contributed by atoms with Crippen LogP contribution in [0.2, 0.25) is 0 Å². The molecule has 8 nitrogen and oxygen atoms in total. The molecule has 0 saturated carbocycles. The summed E-state index contributed by atoms with van der Waals surface area (Å²) in [6.45, 7) is -0.442. The average molecular weight is 521 g/mol. The lowest BCUT2D eigenvalue weighted by atomic mass is 9.93. The number of methoxy groups -OCH3 is 1. The predicted octanol–water partition coefficient (Wildman–Crippen LogP) is 3.46. The molecule has 190 valence electrons. The summed E-state index contributed by atoms with van der Waals surface area (Å²) in [5, 5.41) is 26.7. The molecule has 1 aromatic heterocycles. The van der Waals surface area contributed by atoms with Crippen LogP contribution in [0.3, 0.4) is 0 Å². The molecule has 3 N–H and O–H groups in total. The van der Waals surface area contributed by atoms with Crippen molar-refractivity contribution in [1.82, 2.24) is 15.1 Å². The third-order valence-corrected chi connectivity index (χ3v) is 6.87. The number of nitrogens with zero attached hydrogens (tertiary/aromatic N) is 3. The number of rotatable bonds is 7. The van der Waals surface area contributed by atoms with E-state index < -0.39 is 30.4 Å². The molecule has 2 heterocycles. The molecule has 4 rings (SSSR count). The van der Waals surface area contributed by atoms with E-state index in [4.69, 9.17) is 9.84 Å². The average Bonchev–Trinajstić information content (AvgIpc) is 3.47. The number of nitrogens with one attached hydrogen (secondary N) is 1. The summed E-state index contributed by atoms with van der Waals surface area (Å²) in [6, 6.07) is 8.93. The number of halogens is 3. The zero-order chi connectivity index (χ0) is 26.0. The number of aromatic amines is 1. The van der Waals surface area contributed by atoms with Crippen LogP contribution in [0.5, 0.6) is 5.75 Å². The lowest BCUT2D eigenvalue weighted by Crippen LogP contribution is -2.33. The van der Waals surface area contributed by atoms with E-state index in [-0.39, 0.29) is 34.4 Å². The van der Waals surface area contributed by atoms with Crippen LogP contribution in [0.4, 0.5) is 13.2 Å². The normalized spacial score (nSPS) is 16.3. The van der Waals surface area contributed by atoms with Crippen LogP contribution >= 0.6 is 11.8 Å². The van der Waals surface area contributed by atoms with Crippen LogP contribution < -0.4 is 4.74 Å². The summed E-state index contributed by atoms with van der Waals surface area (Å²) < 4.78 is 46.8. The molecule has 0 saturated heterocycles. The van der Waals surface area contributed by atoms with Crippen LogP contribution in [0, 0.1) is 0 Å². The Hall–Kier alpha value is -3.35. The molecule has 1 aliphatic rings. The van der Waals surface area contributed by atoms with Gasteiger partial charge < -0.3 is 19.8 Å². The molecule has 1 atom stereocenters. The second kappa shape index (κ2) is 10.3. The van der Waals surface area contributed by atoms with E-state index in [0.29, 0.717) is 11.1 Å². The highest BCUT2D eigenvalue weighted by atomic mass is 32.2. The number of ether oxygens (including phenoxy) is 1. The first-order valence-corrected chi connectivity index (χ1v) is 11.6. The first-order valence-electron chi connectivity index (χ1n) is 10.8. The number of aliphatic imine (C=N–C) groups is 1. The number of aliphatic hydroxyl groups excluding tert-OH is 2. The molecule has 0 radical (unpaired) electrons. The maximum atomic E-state index is 13.9. The zero-order valence-corrected chi connectivity index (χ0v) is 20.2. The first kappa shape index (κ1) is 25.7. The minimum Gasteiger partial charge on any atom is -0.497 e. The summed E-state index contributed by atoms with van der Waals surface area (Å²) in [5.41, 5.74) is 0.786. The van der Waals surface area contributed by atoms with E-state index in [1.165, 1.54) is 24.1 Å². The largest absolute Gasteiger partial charge is 0.497 e. The highest BCUT2D eigenvalue weighted by Gasteiger charge is 2.35. The summed E-state index contributed by atoms with van der Waals surface area (Å²) in [4.78, 5) is 18.7. The summed E-state index contributed by atoms with van der Waals surface area (Å²) in [7, 11) is 2.89. The number of alkyl halides is 3. The van der Waals surface area contributed by atoms with Gasteiger partial charge in [-0.05, 0) is 59.1 Å². The maximum Gasteiger partial charge on any atom is 0.416 e. The quantitative estimate of drug-likeness (QED) is 0.409. The summed E-state index contributed by atoms with van der Waals surface area (Å²) in [6.07, 6.45) is -4.28. The Labute approximate surface area is 208 Å². The SMILES string of the molecule is COc1ccc(CC(=C2SC(N(C)CC(O)CO)=NC2=O)c2ccc3[nH]ncc3c2)c(C(F)(F)F)c1. The van der Waals surface area contributed by atoms with Crippen molar-refractivity contribution in [3.63, 3.8) is 0 Å². The molecule has 2 aromatic carbocycles. The number of carbonyl (C=O) groups excluding carboxylic acids is 1. The van der Waals surface area contributed by atoms with Crippen molar-refractivity contribution in [2.45, 2.75) is 18.7 Å². The van der Waals surface area contributed by atoms with E-state index in [0.717, 1.165) is 28.7 Å². The Bertz CT molecular complexity index is 1350. The van der Waals surface area contributed by atoms with Crippen LogP contribution in [0.1, 0.15) is 16.7 Å².